The van der Waals surface area contributed by atoms with Gasteiger partial charge in [-0.25, -0.2) is 4.79 Å². The fraction of sp³-hybridized carbons (Fsp3) is 0.417. The van der Waals surface area contributed by atoms with Gasteiger partial charge in [0.05, 0.1) is 0 Å². The average Bonchev–Trinajstić information content (AvgIpc) is 2.74. The molecule has 5 heteroatoms. The van der Waals surface area contributed by atoms with Crippen LogP contribution in [0, 0.1) is 19.8 Å². The van der Waals surface area contributed by atoms with Gasteiger partial charge in [-0.1, -0.05) is 36.4 Å². The van der Waals surface area contributed by atoms with Gasteiger partial charge < -0.3 is 15.5 Å². The molecule has 29 heavy (non-hydrogen) atoms. The number of likely N-dealkylation sites (tertiary alicyclic amines) is 1. The number of carbonyl (C=O) groups is 2. The summed E-state index contributed by atoms with van der Waals surface area (Å²) in [4.78, 5) is 26.6. The molecule has 0 bridgehead atoms. The van der Waals surface area contributed by atoms with Crippen LogP contribution in [0.25, 0.3) is 0 Å². The third kappa shape index (κ3) is 6.34. The van der Waals surface area contributed by atoms with Gasteiger partial charge in [0, 0.05) is 31.7 Å². The molecule has 0 saturated carbocycles. The highest BCUT2D eigenvalue weighted by molar-refractivity contribution is 5.89. The Labute approximate surface area is 173 Å². The number of aryl methyl sites for hydroxylation is 2. The molecule has 154 valence electrons. The molecule has 0 spiro atoms. The van der Waals surface area contributed by atoms with Gasteiger partial charge in [-0.3, -0.25) is 4.79 Å². The Morgan fingerprint density at radius 2 is 1.86 bits per heavy atom. The average molecular weight is 394 g/mol. The summed E-state index contributed by atoms with van der Waals surface area (Å²) in [7, 11) is 0. The van der Waals surface area contributed by atoms with Crippen LogP contribution in [0.3, 0.4) is 0 Å². The number of piperidine rings is 1. The third-order valence-electron chi connectivity index (χ3n) is 5.67. The number of benzene rings is 2. The monoisotopic (exact) mass is 393 g/mol. The summed E-state index contributed by atoms with van der Waals surface area (Å²) in [6.45, 7) is 6.22. The second-order valence-electron chi connectivity index (χ2n) is 7.98. The van der Waals surface area contributed by atoms with Crippen molar-refractivity contribution in [3.8, 4) is 0 Å². The predicted octanol–water partition coefficient (Wildman–Crippen LogP) is 4.64. The number of hydrogen-bond donors (Lipinski definition) is 2. The molecule has 0 radical (unpaired) electrons. The molecule has 0 aromatic heterocycles. The highest BCUT2D eigenvalue weighted by Crippen LogP contribution is 2.22. The summed E-state index contributed by atoms with van der Waals surface area (Å²) < 4.78 is 0. The molecular formula is C24H31N3O2. The van der Waals surface area contributed by atoms with Crippen molar-refractivity contribution < 1.29 is 9.59 Å². The van der Waals surface area contributed by atoms with Gasteiger partial charge in [0.25, 0.3) is 0 Å². The number of nitrogens with one attached hydrogen (secondary N) is 2. The summed E-state index contributed by atoms with van der Waals surface area (Å²) >= 11 is 0. The maximum Gasteiger partial charge on any atom is 0.321 e. The first kappa shape index (κ1) is 20.9. The van der Waals surface area contributed by atoms with Crippen molar-refractivity contribution in [3.63, 3.8) is 0 Å². The molecule has 3 amide bonds. The van der Waals surface area contributed by atoms with E-state index in [4.69, 9.17) is 0 Å². The van der Waals surface area contributed by atoms with E-state index in [1.807, 2.05) is 35.2 Å². The summed E-state index contributed by atoms with van der Waals surface area (Å²) in [5.74, 6) is 0.451. The number of para-hydroxylation sites is 1. The Morgan fingerprint density at radius 1 is 1.07 bits per heavy atom. The van der Waals surface area contributed by atoms with Crippen LogP contribution in [-0.4, -0.2) is 29.9 Å². The van der Waals surface area contributed by atoms with Gasteiger partial charge in [-0.15, -0.1) is 0 Å². The lowest BCUT2D eigenvalue weighted by molar-refractivity contribution is -0.121. The molecule has 5 nitrogen and oxygen atoms in total. The Morgan fingerprint density at radius 3 is 2.62 bits per heavy atom. The summed E-state index contributed by atoms with van der Waals surface area (Å²) in [5.41, 5.74) is 4.44. The minimum Gasteiger partial charge on any atom is -0.352 e. The van der Waals surface area contributed by atoms with Crippen molar-refractivity contribution in [2.45, 2.75) is 46.1 Å². The maximum absolute atomic E-state index is 12.5. The fourth-order valence-corrected chi connectivity index (χ4v) is 3.75. The lowest BCUT2D eigenvalue weighted by atomic mass is 9.93. The highest BCUT2D eigenvalue weighted by atomic mass is 16.2. The number of nitrogens with zero attached hydrogens (tertiary/aromatic N) is 1. The van der Waals surface area contributed by atoms with Crippen LogP contribution >= 0.6 is 0 Å². The van der Waals surface area contributed by atoms with Crippen LogP contribution in [0.15, 0.2) is 48.5 Å². The zero-order valence-corrected chi connectivity index (χ0v) is 17.4. The van der Waals surface area contributed by atoms with E-state index in [2.05, 4.69) is 42.7 Å². The van der Waals surface area contributed by atoms with Crippen LogP contribution in [0.2, 0.25) is 0 Å². The van der Waals surface area contributed by atoms with Crippen LogP contribution in [0.5, 0.6) is 0 Å². The van der Waals surface area contributed by atoms with E-state index in [1.165, 1.54) is 11.1 Å². The first-order chi connectivity index (χ1) is 14.0. The van der Waals surface area contributed by atoms with E-state index in [9.17, 15) is 9.59 Å². The van der Waals surface area contributed by atoms with Crippen LogP contribution in [-0.2, 0) is 11.3 Å². The third-order valence-corrected chi connectivity index (χ3v) is 5.67. The zero-order valence-electron chi connectivity index (χ0n) is 17.4. The molecule has 0 aliphatic carbocycles. The Balaban J connectivity index is 1.41. The molecule has 2 N–H and O–H groups in total. The van der Waals surface area contributed by atoms with Crippen molar-refractivity contribution in [2.75, 3.05) is 18.4 Å². The largest absolute Gasteiger partial charge is 0.352 e. The summed E-state index contributed by atoms with van der Waals surface area (Å²) in [6, 6.07) is 15.7. The highest BCUT2D eigenvalue weighted by Gasteiger charge is 2.24. The van der Waals surface area contributed by atoms with Crippen molar-refractivity contribution in [3.05, 3.63) is 65.2 Å². The van der Waals surface area contributed by atoms with Crippen molar-refractivity contribution in [1.29, 1.82) is 0 Å². The summed E-state index contributed by atoms with van der Waals surface area (Å²) in [6.07, 6.45) is 3.37. The first-order valence-corrected chi connectivity index (χ1v) is 10.4. The van der Waals surface area contributed by atoms with Crippen molar-refractivity contribution in [1.82, 2.24) is 10.2 Å². The molecule has 2 aromatic rings. The van der Waals surface area contributed by atoms with Gasteiger partial charge in [0.15, 0.2) is 0 Å². The second kappa shape index (κ2) is 10.1. The van der Waals surface area contributed by atoms with E-state index in [1.54, 1.807) is 0 Å². The topological polar surface area (TPSA) is 61.4 Å². The van der Waals surface area contributed by atoms with Crippen LogP contribution in [0.1, 0.15) is 42.4 Å². The molecule has 1 saturated heterocycles. The molecule has 1 aliphatic heterocycles. The number of amides is 3. The van der Waals surface area contributed by atoms with E-state index in [0.29, 0.717) is 25.4 Å². The van der Waals surface area contributed by atoms with Crippen molar-refractivity contribution >= 4 is 17.6 Å². The smallest absolute Gasteiger partial charge is 0.321 e. The van der Waals surface area contributed by atoms with E-state index < -0.39 is 0 Å². The van der Waals surface area contributed by atoms with Crippen LogP contribution in [0.4, 0.5) is 10.5 Å². The molecule has 1 atom stereocenters. The number of carbonyl (C=O) groups excluding carboxylic acids is 2. The molecule has 2 aromatic carbocycles. The predicted molar refractivity (Wildman–Crippen MR) is 117 cm³/mol. The minimum absolute atomic E-state index is 0.0555. The summed E-state index contributed by atoms with van der Waals surface area (Å²) in [5, 5.41) is 5.97. The van der Waals surface area contributed by atoms with E-state index in [0.717, 1.165) is 37.1 Å². The van der Waals surface area contributed by atoms with E-state index >= 15 is 0 Å². The molecule has 3 rings (SSSR count). The molecule has 1 aliphatic rings. The standard InChI is InChI=1S/C24H31N3O2/c1-18-10-11-21(15-19(18)2)16-25-23(28)13-12-20-7-6-14-27(17-20)24(29)26-22-8-4-3-5-9-22/h3-5,8-11,15,20H,6-7,12-14,16-17H2,1-2H3,(H,25,28)(H,26,29). The molecule has 1 unspecified atom stereocenters. The van der Waals surface area contributed by atoms with E-state index in [-0.39, 0.29) is 11.9 Å². The van der Waals surface area contributed by atoms with Gasteiger partial charge in [0.1, 0.15) is 0 Å². The maximum atomic E-state index is 12.5. The number of hydrogen-bond acceptors (Lipinski definition) is 2. The Bertz CT molecular complexity index is 835. The Hall–Kier alpha value is -2.82. The molecular weight excluding hydrogens is 362 g/mol. The fourth-order valence-electron chi connectivity index (χ4n) is 3.75. The number of anilines is 1. The van der Waals surface area contributed by atoms with Gasteiger partial charge in [-0.05, 0) is 67.9 Å². The quantitative estimate of drug-likeness (QED) is 0.751. The molecule has 1 heterocycles. The Kier molecular flexibility index (Phi) is 7.28. The van der Waals surface area contributed by atoms with Gasteiger partial charge >= 0.3 is 6.03 Å². The normalized spacial score (nSPS) is 16.3. The van der Waals surface area contributed by atoms with Crippen molar-refractivity contribution in [2.24, 2.45) is 5.92 Å². The molecule has 1 fully saturated rings. The minimum atomic E-state index is -0.0555. The van der Waals surface area contributed by atoms with Crippen LogP contribution < -0.4 is 10.6 Å². The number of urea groups is 1. The second-order valence-corrected chi connectivity index (χ2v) is 7.98. The SMILES string of the molecule is Cc1ccc(CNC(=O)CCC2CCCN(C(=O)Nc3ccccc3)C2)cc1C. The van der Waals surface area contributed by atoms with Gasteiger partial charge in [-0.2, -0.15) is 0 Å². The van der Waals surface area contributed by atoms with Gasteiger partial charge in [0.2, 0.25) is 5.91 Å². The number of rotatable bonds is 6. The lowest BCUT2D eigenvalue weighted by Crippen LogP contribution is -2.42. The zero-order chi connectivity index (χ0) is 20.6. The lowest BCUT2D eigenvalue weighted by Gasteiger charge is -2.32. The first-order valence-electron chi connectivity index (χ1n) is 10.4.